The Kier molecular flexibility index (Phi) is 8.35. The molecule has 0 aliphatic carbocycles. The quantitative estimate of drug-likeness (QED) is 0.613. The minimum absolute atomic E-state index is 0.0988. The molecule has 2 saturated heterocycles. The van der Waals surface area contributed by atoms with Crippen LogP contribution in [0.25, 0.3) is 0 Å². The van der Waals surface area contributed by atoms with E-state index < -0.39 is 0 Å². The zero-order valence-electron chi connectivity index (χ0n) is 19.2. The summed E-state index contributed by atoms with van der Waals surface area (Å²) >= 11 is 0. The van der Waals surface area contributed by atoms with Gasteiger partial charge in [0.1, 0.15) is 0 Å². The molecule has 3 aliphatic heterocycles. The molecule has 2 amide bonds. The van der Waals surface area contributed by atoms with Gasteiger partial charge >= 0.3 is 0 Å². The number of rotatable bonds is 7. The first kappa shape index (κ1) is 23.0. The first-order valence-electron chi connectivity index (χ1n) is 12.3. The molecule has 1 aromatic rings. The lowest BCUT2D eigenvalue weighted by atomic mass is 9.81. The van der Waals surface area contributed by atoms with E-state index in [4.69, 9.17) is 4.74 Å². The molecular weight excluding hydrogens is 402 g/mol. The van der Waals surface area contributed by atoms with E-state index in [0.29, 0.717) is 31.5 Å². The maximum Gasteiger partial charge on any atom is 0.226 e. The number of hydrogen-bond acceptors (Lipinski definition) is 4. The van der Waals surface area contributed by atoms with Gasteiger partial charge in [0, 0.05) is 45.1 Å². The van der Waals surface area contributed by atoms with Crippen LogP contribution in [0.2, 0.25) is 0 Å². The Morgan fingerprint density at radius 3 is 2.47 bits per heavy atom. The van der Waals surface area contributed by atoms with E-state index in [1.54, 1.807) is 0 Å². The summed E-state index contributed by atoms with van der Waals surface area (Å²) in [5.74, 6) is 1.11. The summed E-state index contributed by atoms with van der Waals surface area (Å²) in [5.41, 5.74) is 1.28. The Balaban J connectivity index is 1.23. The van der Waals surface area contributed by atoms with Crippen LogP contribution in [0.4, 0.5) is 0 Å². The largest absolute Gasteiger partial charge is 0.378 e. The van der Waals surface area contributed by atoms with Gasteiger partial charge in [0.2, 0.25) is 11.8 Å². The predicted molar refractivity (Wildman–Crippen MR) is 125 cm³/mol. The third-order valence-electron chi connectivity index (χ3n) is 7.23. The number of amides is 2. The van der Waals surface area contributed by atoms with Gasteiger partial charge in [0.25, 0.3) is 0 Å². The number of allylic oxidation sites excluding steroid dienone is 1. The van der Waals surface area contributed by atoms with Gasteiger partial charge in [0.05, 0.1) is 13.2 Å². The number of piperidine rings is 1. The second-order valence-corrected chi connectivity index (χ2v) is 9.26. The standard InChI is InChI=1S/C26H37N3O3/c30-25(28-18-20-32-21-19-28)12-16-27-14-10-23(11-15-27)24-8-4-5-13-29(26(24)31)17-9-22-6-2-1-3-7-22/h1-7,23-24H,8-21H2. The van der Waals surface area contributed by atoms with E-state index in [-0.39, 0.29) is 11.8 Å². The van der Waals surface area contributed by atoms with Crippen LogP contribution in [0, 0.1) is 11.8 Å². The van der Waals surface area contributed by atoms with E-state index in [1.807, 2.05) is 11.0 Å². The van der Waals surface area contributed by atoms with Crippen LogP contribution in [-0.4, -0.2) is 85.5 Å². The van der Waals surface area contributed by atoms with Crippen molar-refractivity contribution in [1.29, 1.82) is 0 Å². The second kappa shape index (κ2) is 11.6. The molecule has 6 heteroatoms. The summed E-state index contributed by atoms with van der Waals surface area (Å²) in [4.78, 5) is 32.1. The second-order valence-electron chi connectivity index (χ2n) is 9.26. The minimum atomic E-state index is 0.0988. The van der Waals surface area contributed by atoms with Crippen molar-refractivity contribution in [1.82, 2.24) is 14.7 Å². The number of nitrogens with zero attached hydrogens (tertiary/aromatic N) is 3. The first-order chi connectivity index (χ1) is 15.7. The highest BCUT2D eigenvalue weighted by Crippen LogP contribution is 2.30. The topological polar surface area (TPSA) is 53.1 Å². The lowest BCUT2D eigenvalue weighted by Crippen LogP contribution is -2.44. The van der Waals surface area contributed by atoms with E-state index in [0.717, 1.165) is 71.5 Å². The molecule has 0 bridgehead atoms. The summed E-state index contributed by atoms with van der Waals surface area (Å²) in [7, 11) is 0. The molecule has 1 aromatic carbocycles. The summed E-state index contributed by atoms with van der Waals surface area (Å²) in [6.45, 7) is 7.06. The monoisotopic (exact) mass is 439 g/mol. The van der Waals surface area contributed by atoms with Crippen molar-refractivity contribution in [3.63, 3.8) is 0 Å². The Hall–Kier alpha value is -2.18. The molecule has 1 unspecified atom stereocenters. The Bertz CT molecular complexity index is 768. The normalized spacial score (nSPS) is 23.4. The maximum absolute atomic E-state index is 13.3. The molecular formula is C26H37N3O3. The lowest BCUT2D eigenvalue weighted by molar-refractivity contribution is -0.137. The SMILES string of the molecule is O=C(CCN1CCC(C2CC=CCN(CCc3ccccc3)C2=O)CC1)N1CCOCC1. The van der Waals surface area contributed by atoms with Crippen molar-refractivity contribution in [3.8, 4) is 0 Å². The van der Waals surface area contributed by atoms with Crippen LogP contribution in [0.3, 0.4) is 0 Å². The Morgan fingerprint density at radius 1 is 0.969 bits per heavy atom. The fraction of sp³-hybridized carbons (Fsp3) is 0.615. The predicted octanol–water partition coefficient (Wildman–Crippen LogP) is 2.59. The zero-order valence-corrected chi connectivity index (χ0v) is 19.2. The zero-order chi connectivity index (χ0) is 22.2. The van der Waals surface area contributed by atoms with Gasteiger partial charge in [-0.1, -0.05) is 42.5 Å². The highest BCUT2D eigenvalue weighted by molar-refractivity contribution is 5.80. The van der Waals surface area contributed by atoms with Crippen LogP contribution < -0.4 is 0 Å². The first-order valence-corrected chi connectivity index (χ1v) is 12.3. The van der Waals surface area contributed by atoms with Gasteiger partial charge in [-0.15, -0.1) is 0 Å². The van der Waals surface area contributed by atoms with E-state index in [1.165, 1.54) is 5.56 Å². The molecule has 3 heterocycles. The number of likely N-dealkylation sites (tertiary alicyclic amines) is 1. The number of morpholine rings is 1. The number of carbonyl (C=O) groups is 2. The van der Waals surface area contributed by atoms with Crippen LogP contribution in [0.1, 0.15) is 31.2 Å². The average molecular weight is 440 g/mol. The fourth-order valence-electron chi connectivity index (χ4n) is 5.18. The molecule has 0 spiro atoms. The van der Waals surface area contributed by atoms with Gasteiger partial charge in [-0.25, -0.2) is 0 Å². The third kappa shape index (κ3) is 6.20. The van der Waals surface area contributed by atoms with Gasteiger partial charge in [-0.05, 0) is 50.3 Å². The van der Waals surface area contributed by atoms with Crippen molar-refractivity contribution < 1.29 is 14.3 Å². The maximum atomic E-state index is 13.3. The molecule has 0 radical (unpaired) electrons. The molecule has 1 atom stereocenters. The Morgan fingerprint density at radius 2 is 1.72 bits per heavy atom. The van der Waals surface area contributed by atoms with E-state index >= 15 is 0 Å². The van der Waals surface area contributed by atoms with Crippen LogP contribution >= 0.6 is 0 Å². The van der Waals surface area contributed by atoms with Gasteiger partial charge in [-0.2, -0.15) is 0 Å². The lowest BCUT2D eigenvalue weighted by Gasteiger charge is -2.37. The summed E-state index contributed by atoms with van der Waals surface area (Å²) in [5, 5.41) is 0. The fourth-order valence-corrected chi connectivity index (χ4v) is 5.18. The number of carbonyl (C=O) groups excluding carboxylic acids is 2. The molecule has 4 rings (SSSR count). The highest BCUT2D eigenvalue weighted by Gasteiger charge is 2.34. The van der Waals surface area contributed by atoms with Gasteiger partial charge < -0.3 is 19.4 Å². The molecule has 3 aliphatic rings. The molecule has 174 valence electrons. The van der Waals surface area contributed by atoms with Crippen molar-refractivity contribution in [2.75, 3.05) is 59.0 Å². The third-order valence-corrected chi connectivity index (χ3v) is 7.23. The van der Waals surface area contributed by atoms with E-state index in [9.17, 15) is 9.59 Å². The van der Waals surface area contributed by atoms with Crippen molar-refractivity contribution in [2.24, 2.45) is 11.8 Å². The van der Waals surface area contributed by atoms with E-state index in [2.05, 4.69) is 46.2 Å². The Labute approximate surface area is 192 Å². The van der Waals surface area contributed by atoms with Gasteiger partial charge in [0.15, 0.2) is 0 Å². The molecule has 0 saturated carbocycles. The van der Waals surface area contributed by atoms with Crippen LogP contribution in [-0.2, 0) is 20.7 Å². The summed E-state index contributed by atoms with van der Waals surface area (Å²) < 4.78 is 5.34. The van der Waals surface area contributed by atoms with Gasteiger partial charge in [-0.3, -0.25) is 9.59 Å². The van der Waals surface area contributed by atoms with Crippen LogP contribution in [0.15, 0.2) is 42.5 Å². The summed E-state index contributed by atoms with van der Waals surface area (Å²) in [6, 6.07) is 10.4. The summed E-state index contributed by atoms with van der Waals surface area (Å²) in [6.07, 6.45) is 8.81. The molecule has 32 heavy (non-hydrogen) atoms. The molecule has 2 fully saturated rings. The number of hydrogen-bond donors (Lipinski definition) is 0. The molecule has 0 aromatic heterocycles. The van der Waals surface area contributed by atoms with Crippen molar-refractivity contribution in [2.45, 2.75) is 32.1 Å². The average Bonchev–Trinajstić information content (AvgIpc) is 3.04. The number of ether oxygens (including phenoxy) is 1. The molecule has 0 N–H and O–H groups in total. The molecule has 6 nitrogen and oxygen atoms in total. The minimum Gasteiger partial charge on any atom is -0.378 e. The number of benzene rings is 1. The smallest absolute Gasteiger partial charge is 0.226 e. The van der Waals surface area contributed by atoms with Crippen LogP contribution in [0.5, 0.6) is 0 Å². The highest BCUT2D eigenvalue weighted by atomic mass is 16.5. The van der Waals surface area contributed by atoms with Crippen molar-refractivity contribution >= 4 is 11.8 Å². The van der Waals surface area contributed by atoms with Crippen molar-refractivity contribution in [3.05, 3.63) is 48.0 Å².